The number of aromatic nitrogens is 4. The van der Waals surface area contributed by atoms with E-state index >= 15 is 0 Å². The lowest BCUT2D eigenvalue weighted by Crippen LogP contribution is -2.36. The van der Waals surface area contributed by atoms with Crippen LogP contribution in [0, 0.1) is 0 Å². The van der Waals surface area contributed by atoms with E-state index in [1.54, 1.807) is 48.8 Å². The van der Waals surface area contributed by atoms with Crippen molar-refractivity contribution in [2.45, 2.75) is 38.1 Å². The minimum absolute atomic E-state index is 0.174. The molecule has 36 heavy (non-hydrogen) atoms. The first-order chi connectivity index (χ1) is 17.5. The highest BCUT2D eigenvalue weighted by Crippen LogP contribution is 2.27. The molecule has 0 unspecified atom stereocenters. The van der Waals surface area contributed by atoms with Gasteiger partial charge in [0.2, 0.25) is 0 Å². The van der Waals surface area contributed by atoms with Gasteiger partial charge in [0, 0.05) is 35.6 Å². The summed E-state index contributed by atoms with van der Waals surface area (Å²) in [5, 5.41) is 19.8. The molecular formula is C26H24N6O4. The highest BCUT2D eigenvalue weighted by molar-refractivity contribution is 6.06. The molecule has 10 heteroatoms. The standard InChI is InChI=1S/C26H24N6O4/c33-24(29-19-5-2-1-3-6-19)18-11-17(13-28-14-18)16-8-9-22-21(12-16)23(25(34)35)31-32(22)26(36)30-20-7-4-10-27-15-20/h4,7-15,19H,1-3,5-6H2,(H,29,33)(H,30,36)(H,34,35). The molecule has 0 radical (unpaired) electrons. The molecule has 182 valence electrons. The van der Waals surface area contributed by atoms with E-state index in [0.717, 1.165) is 30.4 Å². The summed E-state index contributed by atoms with van der Waals surface area (Å²) in [6.45, 7) is 0. The van der Waals surface area contributed by atoms with Gasteiger partial charge in [-0.3, -0.25) is 14.8 Å². The summed E-state index contributed by atoms with van der Waals surface area (Å²) in [7, 11) is 0. The summed E-state index contributed by atoms with van der Waals surface area (Å²) >= 11 is 0. The second kappa shape index (κ2) is 9.95. The molecule has 3 N–H and O–H groups in total. The van der Waals surface area contributed by atoms with Gasteiger partial charge in [-0.15, -0.1) is 0 Å². The number of aromatic carboxylic acids is 1. The lowest BCUT2D eigenvalue weighted by molar-refractivity contribution is 0.0691. The normalized spacial score (nSPS) is 13.9. The predicted octanol–water partition coefficient (Wildman–Crippen LogP) is 4.33. The number of benzene rings is 1. The predicted molar refractivity (Wildman–Crippen MR) is 133 cm³/mol. The second-order valence-electron chi connectivity index (χ2n) is 8.74. The maximum absolute atomic E-state index is 12.8. The zero-order chi connectivity index (χ0) is 25.1. The van der Waals surface area contributed by atoms with E-state index in [2.05, 4.69) is 25.7 Å². The third kappa shape index (κ3) is 4.78. The van der Waals surface area contributed by atoms with Crippen LogP contribution < -0.4 is 10.6 Å². The number of nitrogens with one attached hydrogen (secondary N) is 2. The van der Waals surface area contributed by atoms with Crippen LogP contribution in [0.3, 0.4) is 0 Å². The Morgan fingerprint density at radius 2 is 1.78 bits per heavy atom. The van der Waals surface area contributed by atoms with E-state index in [9.17, 15) is 19.5 Å². The number of amides is 2. The summed E-state index contributed by atoms with van der Waals surface area (Å²) in [5.74, 6) is -1.44. The summed E-state index contributed by atoms with van der Waals surface area (Å²) in [4.78, 5) is 45.7. The number of pyridine rings is 2. The van der Waals surface area contributed by atoms with Crippen LogP contribution in [0.25, 0.3) is 22.0 Å². The molecule has 2 amide bonds. The van der Waals surface area contributed by atoms with Crippen LogP contribution in [-0.4, -0.2) is 48.8 Å². The van der Waals surface area contributed by atoms with Gasteiger partial charge < -0.3 is 15.7 Å². The number of rotatable bonds is 5. The average Bonchev–Trinajstić information content (AvgIpc) is 3.29. The van der Waals surface area contributed by atoms with Crippen molar-refractivity contribution in [3.63, 3.8) is 0 Å². The minimum Gasteiger partial charge on any atom is -0.476 e. The molecule has 0 spiro atoms. The molecule has 4 aromatic rings. The second-order valence-corrected chi connectivity index (χ2v) is 8.74. The number of nitrogens with zero attached hydrogens (tertiary/aromatic N) is 4. The van der Waals surface area contributed by atoms with E-state index in [-0.39, 0.29) is 17.6 Å². The van der Waals surface area contributed by atoms with Crippen LogP contribution in [0.15, 0.2) is 61.2 Å². The third-order valence-corrected chi connectivity index (χ3v) is 6.26. The van der Waals surface area contributed by atoms with Crippen LogP contribution in [0.4, 0.5) is 10.5 Å². The molecule has 0 aliphatic heterocycles. The van der Waals surface area contributed by atoms with E-state index in [0.29, 0.717) is 33.3 Å². The summed E-state index contributed by atoms with van der Waals surface area (Å²) in [5.41, 5.74) is 2.26. The summed E-state index contributed by atoms with van der Waals surface area (Å²) < 4.78 is 1.02. The Labute approximate surface area is 206 Å². The number of hydrogen-bond donors (Lipinski definition) is 3. The Kier molecular flexibility index (Phi) is 6.40. The molecule has 10 nitrogen and oxygen atoms in total. The van der Waals surface area contributed by atoms with Crippen molar-refractivity contribution in [1.29, 1.82) is 0 Å². The van der Waals surface area contributed by atoms with Crippen molar-refractivity contribution < 1.29 is 19.5 Å². The number of carbonyl (C=O) groups is 3. The van der Waals surface area contributed by atoms with Crippen LogP contribution in [0.2, 0.25) is 0 Å². The van der Waals surface area contributed by atoms with Gasteiger partial charge >= 0.3 is 12.0 Å². The fourth-order valence-corrected chi connectivity index (χ4v) is 4.46. The monoisotopic (exact) mass is 484 g/mol. The first-order valence-electron chi connectivity index (χ1n) is 11.7. The minimum atomic E-state index is -1.26. The first-order valence-corrected chi connectivity index (χ1v) is 11.7. The fraction of sp³-hybridized carbons (Fsp3) is 0.231. The van der Waals surface area contributed by atoms with Crippen molar-refractivity contribution in [1.82, 2.24) is 25.1 Å². The van der Waals surface area contributed by atoms with E-state index in [1.807, 2.05) is 0 Å². The Bertz CT molecular complexity index is 1440. The molecule has 1 aliphatic carbocycles. The fourth-order valence-electron chi connectivity index (χ4n) is 4.46. The molecule has 0 bridgehead atoms. The van der Waals surface area contributed by atoms with Crippen LogP contribution in [-0.2, 0) is 0 Å². The first kappa shape index (κ1) is 23.2. The Morgan fingerprint density at radius 1 is 0.944 bits per heavy atom. The van der Waals surface area contributed by atoms with Crippen molar-refractivity contribution >= 4 is 34.5 Å². The highest BCUT2D eigenvalue weighted by Gasteiger charge is 2.22. The molecule has 1 saturated carbocycles. The maximum atomic E-state index is 12.8. The van der Waals surface area contributed by atoms with Gasteiger partial charge in [-0.2, -0.15) is 9.78 Å². The van der Waals surface area contributed by atoms with Crippen LogP contribution in [0.1, 0.15) is 53.0 Å². The lowest BCUT2D eigenvalue weighted by Gasteiger charge is -2.22. The largest absolute Gasteiger partial charge is 0.476 e. The Hall–Kier alpha value is -4.60. The molecular weight excluding hydrogens is 460 g/mol. The number of carboxylic acid groups (broad SMARTS) is 1. The number of fused-ring (bicyclic) bond motifs is 1. The van der Waals surface area contributed by atoms with Gasteiger partial charge in [0.1, 0.15) is 0 Å². The summed E-state index contributed by atoms with van der Waals surface area (Å²) in [6.07, 6.45) is 11.6. The summed E-state index contributed by atoms with van der Waals surface area (Å²) in [6, 6.07) is 9.63. The SMILES string of the molecule is O=C(NC1CCCCC1)c1cncc(-c2ccc3c(c2)c(C(=O)O)nn3C(=O)Nc2cccnc2)c1. The van der Waals surface area contributed by atoms with Gasteiger partial charge in [0.05, 0.1) is 23.0 Å². The number of hydrogen-bond acceptors (Lipinski definition) is 6. The topological polar surface area (TPSA) is 139 Å². The molecule has 0 atom stereocenters. The Balaban J connectivity index is 1.45. The van der Waals surface area contributed by atoms with Crippen molar-refractivity contribution in [2.75, 3.05) is 5.32 Å². The van der Waals surface area contributed by atoms with Gasteiger partial charge in [-0.1, -0.05) is 25.3 Å². The smallest absolute Gasteiger partial charge is 0.357 e. The molecule has 1 aliphatic rings. The number of carboxylic acids is 1. The molecule has 1 fully saturated rings. The van der Waals surface area contributed by atoms with Crippen molar-refractivity contribution in [3.05, 3.63) is 72.4 Å². The zero-order valence-electron chi connectivity index (χ0n) is 19.3. The van der Waals surface area contributed by atoms with E-state index in [1.165, 1.54) is 18.8 Å². The van der Waals surface area contributed by atoms with E-state index < -0.39 is 12.0 Å². The van der Waals surface area contributed by atoms with E-state index in [4.69, 9.17) is 0 Å². The van der Waals surface area contributed by atoms with Crippen molar-refractivity contribution in [2.24, 2.45) is 0 Å². The highest BCUT2D eigenvalue weighted by atomic mass is 16.4. The maximum Gasteiger partial charge on any atom is 0.357 e. The quantitative estimate of drug-likeness (QED) is 0.383. The van der Waals surface area contributed by atoms with Gasteiger partial charge in [-0.05, 0) is 48.7 Å². The van der Waals surface area contributed by atoms with Crippen molar-refractivity contribution in [3.8, 4) is 11.1 Å². The number of anilines is 1. The molecule has 5 rings (SSSR count). The van der Waals surface area contributed by atoms with Crippen LogP contribution in [0.5, 0.6) is 0 Å². The molecule has 0 saturated heterocycles. The Morgan fingerprint density at radius 3 is 2.53 bits per heavy atom. The molecule has 1 aromatic carbocycles. The van der Waals surface area contributed by atoms with Crippen LogP contribution >= 0.6 is 0 Å². The van der Waals surface area contributed by atoms with Gasteiger partial charge in [0.25, 0.3) is 5.91 Å². The molecule has 3 aromatic heterocycles. The molecule has 3 heterocycles. The third-order valence-electron chi connectivity index (χ3n) is 6.26. The van der Waals surface area contributed by atoms with Gasteiger partial charge in [-0.25, -0.2) is 9.59 Å². The van der Waals surface area contributed by atoms with Gasteiger partial charge in [0.15, 0.2) is 5.69 Å². The lowest BCUT2D eigenvalue weighted by atomic mass is 9.95. The average molecular weight is 485 g/mol. The number of carbonyl (C=O) groups excluding carboxylic acids is 2. The zero-order valence-corrected chi connectivity index (χ0v) is 19.3.